The third kappa shape index (κ3) is 4.19. The van der Waals surface area contributed by atoms with Gasteiger partial charge in [0.1, 0.15) is 0 Å². The van der Waals surface area contributed by atoms with E-state index >= 15 is 0 Å². The van der Waals surface area contributed by atoms with E-state index in [1.165, 1.54) is 7.11 Å². The van der Waals surface area contributed by atoms with Gasteiger partial charge in [-0.3, -0.25) is 0 Å². The first kappa shape index (κ1) is 19.0. The van der Waals surface area contributed by atoms with E-state index in [2.05, 4.69) is 19.4 Å². The molecule has 0 saturated carbocycles. The average molecular weight is 362 g/mol. The Labute approximate surface area is 140 Å². The van der Waals surface area contributed by atoms with Crippen LogP contribution in [-0.2, 0) is 22.7 Å². The molecular weight excluding hydrogens is 334 g/mol. The van der Waals surface area contributed by atoms with Crippen LogP contribution in [0.1, 0.15) is 33.1 Å². The molecule has 2 aliphatic rings. The predicted molar refractivity (Wildman–Crippen MR) is 95.0 cm³/mol. The van der Waals surface area contributed by atoms with Crippen LogP contribution in [0.25, 0.3) is 0 Å². The van der Waals surface area contributed by atoms with Crippen LogP contribution in [-0.4, -0.2) is 38.3 Å². The van der Waals surface area contributed by atoms with Gasteiger partial charge in [0.15, 0.2) is 0 Å². The molecule has 0 spiro atoms. The number of hydrogen-bond acceptors (Lipinski definition) is 5. The Kier molecular flexibility index (Phi) is 5.37. The molecule has 0 amide bonds. The molecule has 0 aromatic rings. The van der Waals surface area contributed by atoms with Gasteiger partial charge in [-0.15, -0.1) is 0 Å². The molecule has 2 fully saturated rings. The second-order valence-electron chi connectivity index (χ2n) is 7.08. The molecule has 0 N–H and O–H groups in total. The summed E-state index contributed by atoms with van der Waals surface area (Å²) in [5, 5.41) is 0. The van der Waals surface area contributed by atoms with Crippen molar-refractivity contribution < 1.29 is 22.7 Å². The van der Waals surface area contributed by atoms with Gasteiger partial charge in [-0.05, 0) is 0 Å². The second-order valence-corrected chi connectivity index (χ2v) is 12.4. The maximum absolute atomic E-state index is 12.5. The Morgan fingerprint density at radius 3 is 2.74 bits per heavy atom. The standard InChI is InChI=1S/C16H28O5P2/c1-7-15(3)10-11-19-22(6,13-15)20-14(2)16(4)9-8-12-23(17,18-5)21-16/h1,22H,2,8-13H2,3-6H3. The van der Waals surface area contributed by atoms with Gasteiger partial charge in [-0.25, -0.2) is 0 Å². The normalized spacial score (nSPS) is 41.5. The van der Waals surface area contributed by atoms with Gasteiger partial charge in [0, 0.05) is 0 Å². The summed E-state index contributed by atoms with van der Waals surface area (Å²) < 4.78 is 35.4. The number of rotatable bonds is 4. The molecule has 5 nitrogen and oxygen atoms in total. The Bertz CT molecular complexity index is 571. The second kappa shape index (κ2) is 6.51. The van der Waals surface area contributed by atoms with Gasteiger partial charge in [-0.1, -0.05) is 0 Å². The van der Waals surface area contributed by atoms with E-state index in [1.54, 1.807) is 0 Å². The first-order chi connectivity index (χ1) is 10.6. The molecule has 2 aliphatic heterocycles. The molecule has 3 unspecified atom stereocenters. The summed E-state index contributed by atoms with van der Waals surface area (Å²) in [6, 6.07) is 0. The maximum atomic E-state index is 12.5. The SMILES string of the molecule is C#CC1(C)CCO[PH](C)(OC(=C)C2(C)CCCP(=O)(OC)O2)C1. The van der Waals surface area contributed by atoms with Gasteiger partial charge < -0.3 is 0 Å². The van der Waals surface area contributed by atoms with Crippen LogP contribution < -0.4 is 0 Å². The van der Waals surface area contributed by atoms with Crippen molar-refractivity contribution >= 4 is 15.3 Å². The van der Waals surface area contributed by atoms with Crippen LogP contribution in [0.5, 0.6) is 0 Å². The zero-order valence-corrected chi connectivity index (χ0v) is 16.4. The van der Waals surface area contributed by atoms with Crippen molar-refractivity contribution in [3.63, 3.8) is 0 Å². The summed E-state index contributed by atoms with van der Waals surface area (Å²) in [6.45, 7) is 10.5. The van der Waals surface area contributed by atoms with E-state index in [1.807, 2.05) is 13.6 Å². The summed E-state index contributed by atoms with van der Waals surface area (Å²) in [7, 11) is -4.16. The van der Waals surface area contributed by atoms with Gasteiger partial charge in [-0.2, -0.15) is 0 Å². The summed E-state index contributed by atoms with van der Waals surface area (Å²) >= 11 is 0. The number of terminal acetylenes is 1. The zero-order valence-electron chi connectivity index (χ0n) is 14.5. The van der Waals surface area contributed by atoms with E-state index in [9.17, 15) is 4.57 Å². The summed E-state index contributed by atoms with van der Waals surface area (Å²) in [5.74, 6) is 3.33. The van der Waals surface area contributed by atoms with Gasteiger partial charge in [0.2, 0.25) is 0 Å². The molecule has 0 bridgehead atoms. The van der Waals surface area contributed by atoms with Crippen molar-refractivity contribution in [1.82, 2.24) is 0 Å². The third-order valence-corrected chi connectivity index (χ3v) is 9.77. The minimum atomic E-state index is -3.08. The fraction of sp³-hybridized carbons (Fsp3) is 0.750. The molecule has 3 atom stereocenters. The minimum absolute atomic E-state index is 0.213. The fourth-order valence-corrected chi connectivity index (χ4v) is 8.13. The monoisotopic (exact) mass is 362 g/mol. The molecule has 2 saturated heterocycles. The predicted octanol–water partition coefficient (Wildman–Crippen LogP) is 4.19. The van der Waals surface area contributed by atoms with Crippen molar-refractivity contribution in [1.29, 1.82) is 0 Å². The molecular formula is C16H28O5P2. The van der Waals surface area contributed by atoms with E-state index in [4.69, 9.17) is 24.5 Å². The van der Waals surface area contributed by atoms with E-state index in [0.29, 0.717) is 31.1 Å². The topological polar surface area (TPSA) is 54.0 Å². The van der Waals surface area contributed by atoms with Crippen LogP contribution in [0.2, 0.25) is 0 Å². The molecule has 0 aromatic carbocycles. The van der Waals surface area contributed by atoms with Gasteiger partial charge in [0.25, 0.3) is 0 Å². The third-order valence-electron chi connectivity index (χ3n) is 4.75. The van der Waals surface area contributed by atoms with E-state index in [0.717, 1.165) is 12.8 Å². The van der Waals surface area contributed by atoms with Crippen molar-refractivity contribution in [2.75, 3.05) is 32.7 Å². The quantitative estimate of drug-likeness (QED) is 0.426. The molecule has 2 heterocycles. The van der Waals surface area contributed by atoms with E-state index < -0.39 is 20.9 Å². The summed E-state index contributed by atoms with van der Waals surface area (Å²) in [5.41, 5.74) is -1.04. The first-order valence-corrected chi connectivity index (χ1v) is 12.2. The Morgan fingerprint density at radius 2 is 2.13 bits per heavy atom. The Hall–Kier alpha value is -0.360. The molecule has 0 aliphatic carbocycles. The van der Waals surface area contributed by atoms with Crippen molar-refractivity contribution in [3.8, 4) is 12.3 Å². The van der Waals surface area contributed by atoms with E-state index in [-0.39, 0.29) is 5.41 Å². The number of hydrogen-bond donors (Lipinski definition) is 0. The molecule has 0 aromatic heterocycles. The summed E-state index contributed by atoms with van der Waals surface area (Å²) in [4.78, 5) is 0. The van der Waals surface area contributed by atoms with Crippen LogP contribution in [0.4, 0.5) is 0 Å². The van der Waals surface area contributed by atoms with Crippen LogP contribution in [0.3, 0.4) is 0 Å². The average Bonchev–Trinajstić information content (AvgIpc) is 2.46. The van der Waals surface area contributed by atoms with Gasteiger partial charge >= 0.3 is 139 Å². The van der Waals surface area contributed by atoms with Crippen LogP contribution in [0, 0.1) is 17.8 Å². The Morgan fingerprint density at radius 1 is 1.43 bits per heavy atom. The molecule has 23 heavy (non-hydrogen) atoms. The molecule has 132 valence electrons. The van der Waals surface area contributed by atoms with Crippen LogP contribution >= 0.6 is 15.3 Å². The van der Waals surface area contributed by atoms with Crippen molar-refractivity contribution in [3.05, 3.63) is 12.3 Å². The van der Waals surface area contributed by atoms with Gasteiger partial charge in [0.05, 0.1) is 0 Å². The van der Waals surface area contributed by atoms with Crippen molar-refractivity contribution in [2.24, 2.45) is 5.41 Å². The molecule has 2 rings (SSSR count). The molecule has 7 heteroatoms. The Balaban J connectivity index is 2.12. The van der Waals surface area contributed by atoms with Crippen molar-refractivity contribution in [2.45, 2.75) is 38.7 Å². The summed E-state index contributed by atoms with van der Waals surface area (Å²) in [6.07, 6.45) is 9.06. The van der Waals surface area contributed by atoms with Crippen LogP contribution in [0.15, 0.2) is 12.3 Å². The zero-order chi connectivity index (χ0) is 17.4. The molecule has 0 radical (unpaired) electrons. The first-order valence-electron chi connectivity index (χ1n) is 7.93. The fourth-order valence-electron chi connectivity index (χ4n) is 3.22.